The van der Waals surface area contributed by atoms with Gasteiger partial charge in [0.05, 0.1) is 15.7 Å². The average molecular weight is 290 g/mol. The van der Waals surface area contributed by atoms with Gasteiger partial charge in [-0.1, -0.05) is 0 Å². The van der Waals surface area contributed by atoms with Gasteiger partial charge in [-0.05, 0) is 40.2 Å². The number of nitrogens with zero attached hydrogens (tertiary/aromatic N) is 3. The van der Waals surface area contributed by atoms with Crippen LogP contribution in [0.1, 0.15) is 11.3 Å². The van der Waals surface area contributed by atoms with Gasteiger partial charge in [0, 0.05) is 6.20 Å². The van der Waals surface area contributed by atoms with E-state index in [1.54, 1.807) is 18.3 Å². The maximum Gasteiger partial charge on any atom is 0.162 e. The first kappa shape index (κ1) is 11.4. The highest BCUT2D eigenvalue weighted by Crippen LogP contribution is 2.26. The molecule has 0 bridgehead atoms. The van der Waals surface area contributed by atoms with Crippen LogP contribution in [0, 0.1) is 28.5 Å². The van der Waals surface area contributed by atoms with E-state index in [0.29, 0.717) is 5.69 Å². The molecule has 0 aliphatic heterocycles. The molecule has 1 heterocycles. The molecule has 0 spiro atoms. The van der Waals surface area contributed by atoms with Crippen LogP contribution in [0.2, 0.25) is 0 Å². The number of rotatable bonds is 1. The maximum atomic E-state index is 14.0. The van der Waals surface area contributed by atoms with Crippen molar-refractivity contribution in [3.05, 3.63) is 52.0 Å². The van der Waals surface area contributed by atoms with Gasteiger partial charge in [-0.25, -0.2) is 4.39 Å². The van der Waals surface area contributed by atoms with Crippen LogP contribution < -0.4 is 0 Å². The molecule has 3 nitrogen and oxygen atoms in total. The highest BCUT2D eigenvalue weighted by atomic mass is 79.9. The first-order chi connectivity index (χ1) is 8.19. The van der Waals surface area contributed by atoms with Crippen LogP contribution in [0.4, 0.5) is 4.39 Å². The average Bonchev–Trinajstić information content (AvgIpc) is 2.80. The molecule has 0 unspecified atom stereocenters. The highest BCUT2D eigenvalue weighted by molar-refractivity contribution is 9.10. The Balaban J connectivity index is 2.68. The van der Waals surface area contributed by atoms with Gasteiger partial charge in [0.1, 0.15) is 17.8 Å². The monoisotopic (exact) mass is 289 g/mol. The highest BCUT2D eigenvalue weighted by Gasteiger charge is 2.13. The topological polar surface area (TPSA) is 52.5 Å². The number of aromatic nitrogens is 1. The molecule has 2 aromatic rings. The summed E-state index contributed by atoms with van der Waals surface area (Å²) in [7, 11) is 0. The summed E-state index contributed by atoms with van der Waals surface area (Å²) < 4.78 is 15.5. The summed E-state index contributed by atoms with van der Waals surface area (Å²) in [5.74, 6) is -0.559. The van der Waals surface area contributed by atoms with Crippen molar-refractivity contribution in [3.63, 3.8) is 0 Å². The van der Waals surface area contributed by atoms with Crippen LogP contribution in [0.3, 0.4) is 0 Å². The normalized spacial score (nSPS) is 9.65. The van der Waals surface area contributed by atoms with Crippen molar-refractivity contribution >= 4 is 15.9 Å². The number of benzene rings is 1. The Labute approximate surface area is 105 Å². The molecule has 82 valence electrons. The summed E-state index contributed by atoms with van der Waals surface area (Å²) in [5.41, 5.74) is 0.787. The van der Waals surface area contributed by atoms with E-state index < -0.39 is 5.82 Å². The lowest BCUT2D eigenvalue weighted by atomic mass is 10.2. The summed E-state index contributed by atoms with van der Waals surface area (Å²) in [4.78, 5) is 0. The molecule has 5 heteroatoms. The summed E-state index contributed by atoms with van der Waals surface area (Å²) in [6.45, 7) is 0. The van der Waals surface area contributed by atoms with E-state index in [9.17, 15) is 4.39 Å². The molecule has 0 fully saturated rings. The van der Waals surface area contributed by atoms with Crippen molar-refractivity contribution in [2.24, 2.45) is 0 Å². The fourth-order valence-corrected chi connectivity index (χ4v) is 1.92. The number of hydrogen-bond acceptors (Lipinski definition) is 2. The van der Waals surface area contributed by atoms with E-state index >= 15 is 0 Å². The van der Waals surface area contributed by atoms with E-state index in [2.05, 4.69) is 15.9 Å². The third kappa shape index (κ3) is 1.82. The number of nitriles is 2. The molecule has 17 heavy (non-hydrogen) atoms. The molecule has 0 atom stereocenters. The summed E-state index contributed by atoms with van der Waals surface area (Å²) in [5, 5.41) is 17.6. The van der Waals surface area contributed by atoms with Crippen molar-refractivity contribution in [2.45, 2.75) is 0 Å². The standard InChI is InChI=1S/C12H5BrFN3/c13-11-8(6-15)3-4-10(12(11)14)17-5-1-2-9(17)7-16/h1-5H. The Bertz CT molecular complexity index is 661. The zero-order valence-corrected chi connectivity index (χ0v) is 10.1. The van der Waals surface area contributed by atoms with Crippen molar-refractivity contribution in [1.29, 1.82) is 10.5 Å². The lowest BCUT2D eigenvalue weighted by molar-refractivity contribution is 0.610. The first-order valence-corrected chi connectivity index (χ1v) is 5.44. The van der Waals surface area contributed by atoms with Crippen LogP contribution in [0.15, 0.2) is 34.9 Å². The van der Waals surface area contributed by atoms with Crippen LogP contribution in [0.5, 0.6) is 0 Å². The predicted molar refractivity (Wildman–Crippen MR) is 62.9 cm³/mol. The zero-order chi connectivity index (χ0) is 12.4. The van der Waals surface area contributed by atoms with Crippen LogP contribution in [0.25, 0.3) is 5.69 Å². The third-order valence-corrected chi connectivity index (χ3v) is 3.08. The molecule has 0 aliphatic carbocycles. The second kappa shape index (κ2) is 4.40. The van der Waals surface area contributed by atoms with Crippen LogP contribution >= 0.6 is 15.9 Å². The molecule has 0 amide bonds. The van der Waals surface area contributed by atoms with Crippen LogP contribution in [-0.4, -0.2) is 4.57 Å². The second-order valence-electron chi connectivity index (χ2n) is 3.25. The summed E-state index contributed by atoms with van der Waals surface area (Å²) >= 11 is 3.03. The molecule has 1 aromatic carbocycles. The molecular formula is C12H5BrFN3. The Morgan fingerprint density at radius 3 is 2.59 bits per heavy atom. The van der Waals surface area contributed by atoms with Gasteiger partial charge in [0.15, 0.2) is 5.82 Å². The van der Waals surface area contributed by atoms with Crippen molar-refractivity contribution in [1.82, 2.24) is 4.57 Å². The van der Waals surface area contributed by atoms with E-state index in [-0.39, 0.29) is 15.7 Å². The SMILES string of the molecule is N#Cc1ccc(-n2cccc2C#N)c(F)c1Br. The molecule has 0 saturated carbocycles. The maximum absolute atomic E-state index is 14.0. The van der Waals surface area contributed by atoms with Gasteiger partial charge < -0.3 is 4.57 Å². The second-order valence-corrected chi connectivity index (χ2v) is 4.04. The fraction of sp³-hybridized carbons (Fsp3) is 0. The van der Waals surface area contributed by atoms with Crippen molar-refractivity contribution in [3.8, 4) is 17.8 Å². The van der Waals surface area contributed by atoms with Crippen molar-refractivity contribution in [2.75, 3.05) is 0 Å². The molecule has 0 N–H and O–H groups in total. The number of halogens is 2. The van der Waals surface area contributed by atoms with Gasteiger partial charge in [-0.15, -0.1) is 0 Å². The van der Waals surface area contributed by atoms with Gasteiger partial charge in [-0.3, -0.25) is 0 Å². The Hall–Kier alpha value is -2.11. The minimum atomic E-state index is -0.559. The third-order valence-electron chi connectivity index (χ3n) is 2.31. The molecule has 0 aliphatic rings. The summed E-state index contributed by atoms with van der Waals surface area (Å²) in [6, 6.07) is 10.1. The summed E-state index contributed by atoms with van der Waals surface area (Å²) in [6.07, 6.45) is 1.59. The van der Waals surface area contributed by atoms with Crippen molar-refractivity contribution < 1.29 is 4.39 Å². The molecule has 2 rings (SSSR count). The Kier molecular flexibility index (Phi) is 2.95. The van der Waals surface area contributed by atoms with E-state index in [1.807, 2.05) is 12.1 Å². The van der Waals surface area contributed by atoms with E-state index in [0.717, 1.165) is 0 Å². The Morgan fingerprint density at radius 1 is 1.18 bits per heavy atom. The minimum absolute atomic E-state index is 0.107. The van der Waals surface area contributed by atoms with E-state index in [1.165, 1.54) is 16.7 Å². The fourth-order valence-electron chi connectivity index (χ4n) is 1.49. The van der Waals surface area contributed by atoms with Gasteiger partial charge in [-0.2, -0.15) is 10.5 Å². The molecule has 0 saturated heterocycles. The largest absolute Gasteiger partial charge is 0.305 e. The Morgan fingerprint density at radius 2 is 1.94 bits per heavy atom. The zero-order valence-electron chi connectivity index (χ0n) is 8.48. The molecule has 0 radical (unpaired) electrons. The smallest absolute Gasteiger partial charge is 0.162 e. The van der Waals surface area contributed by atoms with Gasteiger partial charge in [0.2, 0.25) is 0 Å². The quantitative estimate of drug-likeness (QED) is 0.810. The van der Waals surface area contributed by atoms with Gasteiger partial charge in [0.25, 0.3) is 0 Å². The lowest BCUT2D eigenvalue weighted by Gasteiger charge is -2.08. The lowest BCUT2D eigenvalue weighted by Crippen LogP contribution is -2.00. The first-order valence-electron chi connectivity index (χ1n) is 4.65. The molecule has 1 aromatic heterocycles. The minimum Gasteiger partial charge on any atom is -0.305 e. The van der Waals surface area contributed by atoms with E-state index in [4.69, 9.17) is 10.5 Å². The van der Waals surface area contributed by atoms with Crippen LogP contribution in [-0.2, 0) is 0 Å². The van der Waals surface area contributed by atoms with Gasteiger partial charge >= 0.3 is 0 Å². The predicted octanol–water partition coefficient (Wildman–Crippen LogP) is 3.12. The molecular weight excluding hydrogens is 285 g/mol. The number of hydrogen-bond donors (Lipinski definition) is 0.